The number of rotatable bonds is 5. The van der Waals surface area contributed by atoms with Crippen molar-refractivity contribution in [3.8, 4) is 0 Å². The van der Waals surface area contributed by atoms with Gasteiger partial charge >= 0.3 is 0 Å². The summed E-state index contributed by atoms with van der Waals surface area (Å²) < 4.78 is 1.08. The van der Waals surface area contributed by atoms with Gasteiger partial charge in [0.05, 0.1) is 0 Å². The van der Waals surface area contributed by atoms with Crippen molar-refractivity contribution < 1.29 is 4.79 Å². The minimum absolute atomic E-state index is 0. The quantitative estimate of drug-likeness (QED) is 0.753. The number of hydrogen-bond donors (Lipinski definition) is 2. The third-order valence-corrected chi connectivity index (χ3v) is 5.09. The summed E-state index contributed by atoms with van der Waals surface area (Å²) in [6, 6.07) is 8.53. The molecule has 1 aromatic rings. The minimum atomic E-state index is 0. The molecule has 0 bridgehead atoms. The molecular weight excluding hydrogens is 372 g/mol. The Bertz CT molecular complexity index is 444. The smallest absolute Gasteiger partial charge is 0.221 e. The molecule has 118 valence electrons. The second kappa shape index (κ2) is 9.72. The lowest BCUT2D eigenvalue weighted by Gasteiger charge is -2.30. The van der Waals surface area contributed by atoms with Gasteiger partial charge in [-0.15, -0.1) is 24.2 Å². The van der Waals surface area contributed by atoms with Crippen LogP contribution in [0.1, 0.15) is 19.8 Å². The predicted molar refractivity (Wildman–Crippen MR) is 95.3 cm³/mol. The first-order valence-electron chi connectivity index (χ1n) is 7.03. The summed E-state index contributed by atoms with van der Waals surface area (Å²) in [6.45, 7) is 4.19. The van der Waals surface area contributed by atoms with Crippen LogP contribution >= 0.6 is 40.1 Å². The van der Waals surface area contributed by atoms with Crippen molar-refractivity contribution >= 4 is 46.0 Å². The zero-order valence-corrected chi connectivity index (χ0v) is 15.3. The van der Waals surface area contributed by atoms with Gasteiger partial charge in [0.25, 0.3) is 0 Å². The van der Waals surface area contributed by atoms with Gasteiger partial charge in [-0.3, -0.25) is 4.79 Å². The largest absolute Gasteiger partial charge is 0.353 e. The number of carbonyl (C=O) groups is 1. The van der Waals surface area contributed by atoms with Crippen molar-refractivity contribution in [2.75, 3.05) is 18.8 Å². The molecule has 1 amide bonds. The molecule has 0 saturated carbocycles. The maximum absolute atomic E-state index is 11.9. The highest BCUT2D eigenvalue weighted by atomic mass is 79.9. The fraction of sp³-hybridized carbons (Fsp3) is 0.533. The summed E-state index contributed by atoms with van der Waals surface area (Å²) in [6.07, 6.45) is 1.62. The molecule has 2 atom stereocenters. The second-order valence-corrected chi connectivity index (χ2v) is 7.28. The zero-order valence-electron chi connectivity index (χ0n) is 12.1. The minimum Gasteiger partial charge on any atom is -0.353 e. The highest BCUT2D eigenvalue weighted by Crippen LogP contribution is 2.21. The molecule has 0 aliphatic carbocycles. The van der Waals surface area contributed by atoms with Crippen LogP contribution in [0.3, 0.4) is 0 Å². The lowest BCUT2D eigenvalue weighted by atomic mass is 9.95. The maximum atomic E-state index is 11.9. The van der Waals surface area contributed by atoms with Crippen LogP contribution in [-0.4, -0.2) is 30.8 Å². The molecule has 6 heteroatoms. The van der Waals surface area contributed by atoms with Crippen molar-refractivity contribution in [1.82, 2.24) is 10.6 Å². The van der Waals surface area contributed by atoms with Gasteiger partial charge in [0, 0.05) is 27.6 Å². The third kappa shape index (κ3) is 6.59. The van der Waals surface area contributed by atoms with Crippen molar-refractivity contribution in [2.45, 2.75) is 30.7 Å². The summed E-state index contributed by atoms with van der Waals surface area (Å²) in [5, 5.41) is 6.51. The van der Waals surface area contributed by atoms with Crippen molar-refractivity contribution in [1.29, 1.82) is 0 Å². The van der Waals surface area contributed by atoms with Crippen molar-refractivity contribution in [3.05, 3.63) is 28.7 Å². The first-order valence-corrected chi connectivity index (χ1v) is 8.81. The standard InChI is InChI=1S/C15H21BrN2OS.ClH/c1-11-10-17-8-6-14(11)18-15(19)7-9-20-13-4-2-12(16)3-5-13;/h2-5,11,14,17H,6-10H2,1H3,(H,18,19);1H. The normalized spacial score (nSPS) is 21.4. The number of amides is 1. The van der Waals surface area contributed by atoms with Crippen LogP contribution in [0.2, 0.25) is 0 Å². The maximum Gasteiger partial charge on any atom is 0.221 e. The molecule has 21 heavy (non-hydrogen) atoms. The predicted octanol–water partition coefficient (Wildman–Crippen LogP) is 3.47. The number of hydrogen-bond acceptors (Lipinski definition) is 3. The summed E-state index contributed by atoms with van der Waals surface area (Å²) in [5.74, 6) is 1.52. The third-order valence-electron chi connectivity index (χ3n) is 3.54. The van der Waals surface area contributed by atoms with E-state index in [4.69, 9.17) is 0 Å². The molecule has 1 aromatic carbocycles. The van der Waals surface area contributed by atoms with E-state index in [1.165, 1.54) is 4.90 Å². The van der Waals surface area contributed by atoms with Crippen LogP contribution in [-0.2, 0) is 4.79 Å². The van der Waals surface area contributed by atoms with Crippen LogP contribution in [0.4, 0.5) is 0 Å². The van der Waals surface area contributed by atoms with Crippen molar-refractivity contribution in [3.63, 3.8) is 0 Å². The Morgan fingerprint density at radius 2 is 2.14 bits per heavy atom. The van der Waals surface area contributed by atoms with E-state index in [1.807, 2.05) is 12.1 Å². The summed E-state index contributed by atoms with van der Waals surface area (Å²) >= 11 is 5.15. The van der Waals surface area contributed by atoms with E-state index in [-0.39, 0.29) is 18.3 Å². The number of thioether (sulfide) groups is 1. The van der Waals surface area contributed by atoms with Crippen molar-refractivity contribution in [2.24, 2.45) is 5.92 Å². The van der Waals surface area contributed by atoms with Crippen LogP contribution in [0.5, 0.6) is 0 Å². The SMILES string of the molecule is CC1CNCCC1NC(=O)CCSc1ccc(Br)cc1.Cl. The molecule has 2 rings (SSSR count). The molecule has 2 N–H and O–H groups in total. The first-order chi connectivity index (χ1) is 9.65. The Kier molecular flexibility index (Phi) is 8.71. The molecule has 1 aliphatic rings. The van der Waals surface area contributed by atoms with Gasteiger partial charge in [0.15, 0.2) is 0 Å². The van der Waals surface area contributed by atoms with Crippen LogP contribution < -0.4 is 10.6 Å². The Labute approximate surface area is 145 Å². The Morgan fingerprint density at radius 1 is 1.43 bits per heavy atom. The number of piperidine rings is 1. The van der Waals surface area contributed by atoms with E-state index >= 15 is 0 Å². The summed E-state index contributed by atoms with van der Waals surface area (Å²) in [4.78, 5) is 13.2. The molecule has 3 nitrogen and oxygen atoms in total. The Hall–Kier alpha value is -0.230. The van der Waals surface area contributed by atoms with E-state index < -0.39 is 0 Å². The number of nitrogens with one attached hydrogen (secondary N) is 2. The second-order valence-electron chi connectivity index (χ2n) is 5.20. The van der Waals surface area contributed by atoms with E-state index in [0.717, 1.165) is 29.7 Å². The van der Waals surface area contributed by atoms with Gasteiger partial charge in [-0.1, -0.05) is 22.9 Å². The van der Waals surface area contributed by atoms with Crippen LogP contribution in [0.15, 0.2) is 33.6 Å². The van der Waals surface area contributed by atoms with E-state index in [9.17, 15) is 4.79 Å². The molecule has 2 unspecified atom stereocenters. The average Bonchev–Trinajstić information content (AvgIpc) is 2.44. The number of carbonyl (C=O) groups excluding carboxylic acids is 1. The Morgan fingerprint density at radius 3 is 2.81 bits per heavy atom. The highest BCUT2D eigenvalue weighted by Gasteiger charge is 2.22. The molecule has 1 fully saturated rings. The molecule has 1 aliphatic heterocycles. The molecule has 0 radical (unpaired) electrons. The lowest BCUT2D eigenvalue weighted by Crippen LogP contribution is -2.48. The molecular formula is C15H22BrClN2OS. The van der Waals surface area contributed by atoms with Gasteiger partial charge in [-0.25, -0.2) is 0 Å². The molecule has 1 saturated heterocycles. The van der Waals surface area contributed by atoms with E-state index in [1.54, 1.807) is 11.8 Å². The lowest BCUT2D eigenvalue weighted by molar-refractivity contribution is -0.121. The van der Waals surface area contributed by atoms with Gasteiger partial charge in [0.2, 0.25) is 5.91 Å². The van der Waals surface area contributed by atoms with Crippen LogP contribution in [0, 0.1) is 5.92 Å². The van der Waals surface area contributed by atoms with Gasteiger partial charge in [0.1, 0.15) is 0 Å². The molecule has 1 heterocycles. The van der Waals surface area contributed by atoms with Gasteiger partial charge < -0.3 is 10.6 Å². The fourth-order valence-corrected chi connectivity index (χ4v) is 3.42. The van der Waals surface area contributed by atoms with E-state index in [0.29, 0.717) is 18.4 Å². The summed E-state index contributed by atoms with van der Waals surface area (Å²) in [7, 11) is 0. The average molecular weight is 394 g/mol. The molecule has 0 aromatic heterocycles. The number of benzene rings is 1. The fourth-order valence-electron chi connectivity index (χ4n) is 2.30. The van der Waals surface area contributed by atoms with Crippen LogP contribution in [0.25, 0.3) is 0 Å². The number of halogens is 2. The van der Waals surface area contributed by atoms with Gasteiger partial charge in [-0.05, 0) is 49.7 Å². The zero-order chi connectivity index (χ0) is 14.4. The molecule has 0 spiro atoms. The first kappa shape index (κ1) is 18.8. The van der Waals surface area contributed by atoms with E-state index in [2.05, 4.69) is 45.6 Å². The summed E-state index contributed by atoms with van der Waals surface area (Å²) in [5.41, 5.74) is 0. The van der Waals surface area contributed by atoms with Gasteiger partial charge in [-0.2, -0.15) is 0 Å². The highest BCUT2D eigenvalue weighted by molar-refractivity contribution is 9.10. The monoisotopic (exact) mass is 392 g/mol. The topological polar surface area (TPSA) is 41.1 Å². The Balaban J connectivity index is 0.00000220.